The Hall–Kier alpha value is -1.29. The van der Waals surface area contributed by atoms with Gasteiger partial charge in [-0.15, -0.1) is 0 Å². The maximum atomic E-state index is 6.07. The number of nitrogen functional groups attached to an aromatic ring is 1. The van der Waals surface area contributed by atoms with Gasteiger partial charge < -0.3 is 10.6 Å². The van der Waals surface area contributed by atoms with Crippen molar-refractivity contribution in [3.05, 3.63) is 17.8 Å². The number of aromatic nitrogens is 1. The van der Waals surface area contributed by atoms with Gasteiger partial charge in [0.15, 0.2) is 5.82 Å². The molecule has 0 aliphatic carbocycles. The molecule has 1 unspecified atom stereocenters. The average Bonchev–Trinajstić information content (AvgIpc) is 2.41. The molecule has 1 aromatic heterocycles. The predicted octanol–water partition coefficient (Wildman–Crippen LogP) is 1.65. The van der Waals surface area contributed by atoms with Crippen LogP contribution in [0.1, 0.15) is 25.0 Å². The van der Waals surface area contributed by atoms with Gasteiger partial charge in [-0.25, -0.2) is 4.98 Å². The topological polar surface area (TPSA) is 45.4 Å². The van der Waals surface area contributed by atoms with Gasteiger partial charge >= 0.3 is 0 Å². The zero-order chi connectivity index (χ0) is 12.5. The van der Waals surface area contributed by atoms with Crippen LogP contribution in [0.25, 0.3) is 0 Å². The highest BCUT2D eigenvalue weighted by Crippen LogP contribution is 2.27. The van der Waals surface area contributed by atoms with Crippen LogP contribution in [-0.2, 0) is 0 Å². The number of fused-ring (bicyclic) bond motifs is 1. The van der Waals surface area contributed by atoms with E-state index in [2.05, 4.69) is 14.8 Å². The molecule has 2 aliphatic heterocycles. The summed E-state index contributed by atoms with van der Waals surface area (Å²) in [6.45, 7) is 6.59. The van der Waals surface area contributed by atoms with E-state index in [1.165, 1.54) is 25.8 Å². The van der Waals surface area contributed by atoms with E-state index in [1.54, 1.807) is 0 Å². The van der Waals surface area contributed by atoms with Crippen LogP contribution in [0.2, 0.25) is 0 Å². The van der Waals surface area contributed by atoms with Gasteiger partial charge in [-0.2, -0.15) is 0 Å². The first-order chi connectivity index (χ1) is 8.74. The number of hydrogen-bond acceptors (Lipinski definition) is 4. The number of anilines is 2. The SMILES string of the molecule is Cc1ccc(N)c(N2CCN3CCCCC3C2)n1. The Morgan fingerprint density at radius 1 is 1.22 bits per heavy atom. The van der Waals surface area contributed by atoms with E-state index in [0.29, 0.717) is 6.04 Å². The van der Waals surface area contributed by atoms with E-state index in [-0.39, 0.29) is 0 Å². The van der Waals surface area contributed by atoms with Crippen LogP contribution in [0.4, 0.5) is 11.5 Å². The molecule has 1 atom stereocenters. The fraction of sp³-hybridized carbons (Fsp3) is 0.643. The van der Waals surface area contributed by atoms with Crippen molar-refractivity contribution < 1.29 is 0 Å². The number of piperazine rings is 1. The molecule has 1 aromatic rings. The maximum absolute atomic E-state index is 6.07. The van der Waals surface area contributed by atoms with E-state index in [9.17, 15) is 0 Å². The summed E-state index contributed by atoms with van der Waals surface area (Å²) in [5.74, 6) is 0.986. The van der Waals surface area contributed by atoms with Crippen molar-refractivity contribution in [3.8, 4) is 0 Å². The summed E-state index contributed by atoms with van der Waals surface area (Å²) >= 11 is 0. The number of nitrogens with zero attached hydrogens (tertiary/aromatic N) is 3. The lowest BCUT2D eigenvalue weighted by Gasteiger charge is -2.44. The molecule has 4 nitrogen and oxygen atoms in total. The fourth-order valence-corrected chi connectivity index (χ4v) is 3.16. The molecular weight excluding hydrogens is 224 g/mol. The number of aryl methyl sites for hydroxylation is 1. The summed E-state index contributed by atoms with van der Waals surface area (Å²) in [4.78, 5) is 9.62. The minimum absolute atomic E-state index is 0.703. The smallest absolute Gasteiger partial charge is 0.152 e. The molecule has 0 spiro atoms. The van der Waals surface area contributed by atoms with E-state index in [1.807, 2.05) is 19.1 Å². The Morgan fingerprint density at radius 3 is 3.00 bits per heavy atom. The molecule has 3 heterocycles. The fourth-order valence-electron chi connectivity index (χ4n) is 3.16. The Bertz CT molecular complexity index is 432. The lowest BCUT2D eigenvalue weighted by molar-refractivity contribution is 0.133. The lowest BCUT2D eigenvalue weighted by atomic mass is 9.99. The molecule has 18 heavy (non-hydrogen) atoms. The molecule has 3 rings (SSSR count). The van der Waals surface area contributed by atoms with Gasteiger partial charge in [-0.1, -0.05) is 6.42 Å². The predicted molar refractivity (Wildman–Crippen MR) is 74.8 cm³/mol. The summed E-state index contributed by atoms with van der Waals surface area (Å²) in [5.41, 5.74) is 7.93. The van der Waals surface area contributed by atoms with Crippen molar-refractivity contribution in [3.63, 3.8) is 0 Å². The summed E-state index contributed by atoms with van der Waals surface area (Å²) in [6, 6.07) is 4.66. The Kier molecular flexibility index (Phi) is 3.12. The van der Waals surface area contributed by atoms with Gasteiger partial charge in [0.1, 0.15) is 0 Å². The number of nitrogens with two attached hydrogens (primary N) is 1. The second-order valence-corrected chi connectivity index (χ2v) is 5.50. The molecule has 2 N–H and O–H groups in total. The van der Waals surface area contributed by atoms with E-state index in [0.717, 1.165) is 36.8 Å². The van der Waals surface area contributed by atoms with E-state index >= 15 is 0 Å². The highest BCUT2D eigenvalue weighted by Gasteiger charge is 2.29. The molecule has 0 radical (unpaired) electrons. The quantitative estimate of drug-likeness (QED) is 0.818. The maximum Gasteiger partial charge on any atom is 0.152 e. The largest absolute Gasteiger partial charge is 0.396 e. The highest BCUT2D eigenvalue weighted by atomic mass is 15.3. The van der Waals surface area contributed by atoms with Crippen LogP contribution >= 0.6 is 0 Å². The average molecular weight is 246 g/mol. The summed E-state index contributed by atoms with van der Waals surface area (Å²) in [5, 5.41) is 0. The van der Waals surface area contributed by atoms with Crippen LogP contribution < -0.4 is 10.6 Å². The van der Waals surface area contributed by atoms with Gasteiger partial charge in [0, 0.05) is 31.4 Å². The van der Waals surface area contributed by atoms with Gasteiger partial charge in [-0.3, -0.25) is 4.90 Å². The Balaban J connectivity index is 1.79. The Morgan fingerprint density at radius 2 is 2.11 bits per heavy atom. The van der Waals surface area contributed by atoms with Gasteiger partial charge in [0.2, 0.25) is 0 Å². The van der Waals surface area contributed by atoms with Gasteiger partial charge in [-0.05, 0) is 38.4 Å². The molecule has 2 fully saturated rings. The second-order valence-electron chi connectivity index (χ2n) is 5.50. The van der Waals surface area contributed by atoms with Crippen LogP contribution in [0.15, 0.2) is 12.1 Å². The molecule has 0 aromatic carbocycles. The van der Waals surface area contributed by atoms with Crippen LogP contribution in [0.3, 0.4) is 0 Å². The van der Waals surface area contributed by atoms with Crippen LogP contribution in [-0.4, -0.2) is 42.1 Å². The first-order valence-electron chi connectivity index (χ1n) is 6.96. The summed E-state index contributed by atoms with van der Waals surface area (Å²) in [6.07, 6.45) is 4.05. The van der Waals surface area contributed by atoms with Crippen LogP contribution in [0, 0.1) is 6.92 Å². The number of rotatable bonds is 1. The standard InChI is InChI=1S/C14H22N4/c1-11-5-6-13(15)14(16-11)18-9-8-17-7-3-2-4-12(17)10-18/h5-6,12H,2-4,7-10,15H2,1H3. The zero-order valence-corrected chi connectivity index (χ0v) is 11.1. The number of piperidine rings is 1. The van der Waals surface area contributed by atoms with Crippen molar-refractivity contribution in [2.45, 2.75) is 32.2 Å². The second kappa shape index (κ2) is 4.76. The first kappa shape index (κ1) is 11.8. The molecule has 0 saturated carbocycles. The molecule has 2 saturated heterocycles. The molecule has 0 amide bonds. The highest BCUT2D eigenvalue weighted by molar-refractivity contribution is 5.63. The molecule has 0 bridgehead atoms. The summed E-state index contributed by atoms with van der Waals surface area (Å²) in [7, 11) is 0. The molecule has 98 valence electrons. The van der Waals surface area contributed by atoms with Gasteiger partial charge in [0.05, 0.1) is 5.69 Å². The van der Waals surface area contributed by atoms with Gasteiger partial charge in [0.25, 0.3) is 0 Å². The van der Waals surface area contributed by atoms with Crippen LogP contribution in [0.5, 0.6) is 0 Å². The third-order valence-corrected chi connectivity index (χ3v) is 4.18. The third kappa shape index (κ3) is 2.17. The number of pyridine rings is 1. The minimum atomic E-state index is 0.703. The molecule has 4 heteroatoms. The van der Waals surface area contributed by atoms with E-state index in [4.69, 9.17) is 5.73 Å². The van der Waals surface area contributed by atoms with Crippen molar-refractivity contribution in [2.75, 3.05) is 36.8 Å². The first-order valence-corrected chi connectivity index (χ1v) is 6.96. The van der Waals surface area contributed by atoms with Crippen molar-refractivity contribution in [2.24, 2.45) is 0 Å². The zero-order valence-electron chi connectivity index (χ0n) is 11.1. The van der Waals surface area contributed by atoms with E-state index < -0.39 is 0 Å². The monoisotopic (exact) mass is 246 g/mol. The molecular formula is C14H22N4. The summed E-state index contributed by atoms with van der Waals surface area (Å²) < 4.78 is 0. The molecule has 2 aliphatic rings. The van der Waals surface area contributed by atoms with Crippen molar-refractivity contribution in [1.82, 2.24) is 9.88 Å². The normalized spacial score (nSPS) is 24.9. The number of hydrogen-bond donors (Lipinski definition) is 1. The minimum Gasteiger partial charge on any atom is -0.396 e. The Labute approximate surface area is 109 Å². The lowest BCUT2D eigenvalue weighted by Crippen LogP contribution is -2.55. The van der Waals surface area contributed by atoms with Crippen molar-refractivity contribution >= 4 is 11.5 Å². The van der Waals surface area contributed by atoms with Crippen molar-refractivity contribution in [1.29, 1.82) is 0 Å². The third-order valence-electron chi connectivity index (χ3n) is 4.18.